The second-order valence-electron chi connectivity index (χ2n) is 8.58. The van der Waals surface area contributed by atoms with Crippen LogP contribution < -0.4 is 19.5 Å². The molecule has 1 N–H and O–H groups in total. The highest BCUT2D eigenvalue weighted by atomic mass is 32.2. The minimum absolute atomic E-state index is 0.145. The third-order valence-electron chi connectivity index (χ3n) is 6.14. The van der Waals surface area contributed by atoms with Gasteiger partial charge >= 0.3 is 0 Å². The number of fused-ring (bicyclic) bond motifs is 1. The second-order valence-corrected chi connectivity index (χ2v) is 9.52. The molecule has 2 aliphatic rings. The normalized spacial score (nSPS) is 15.7. The number of nitrogens with one attached hydrogen (secondary N) is 1. The predicted molar refractivity (Wildman–Crippen MR) is 135 cm³/mol. The Hall–Kier alpha value is -3.46. The molecule has 35 heavy (non-hydrogen) atoms. The van der Waals surface area contributed by atoms with Gasteiger partial charge in [-0.1, -0.05) is 36.4 Å². The van der Waals surface area contributed by atoms with Crippen LogP contribution in [0.3, 0.4) is 0 Å². The maximum atomic E-state index is 12.7. The van der Waals surface area contributed by atoms with Crippen molar-refractivity contribution in [3.05, 3.63) is 55.1 Å². The van der Waals surface area contributed by atoms with E-state index in [4.69, 9.17) is 14.2 Å². The molecule has 0 bridgehead atoms. The fourth-order valence-corrected chi connectivity index (χ4v) is 5.26. The first-order valence-electron chi connectivity index (χ1n) is 11.7. The number of anilines is 1. The lowest BCUT2D eigenvalue weighted by Crippen LogP contribution is -2.40. The van der Waals surface area contributed by atoms with Crippen molar-refractivity contribution in [1.29, 1.82) is 0 Å². The number of methoxy groups -OCH3 is 1. The number of benzene rings is 2. The van der Waals surface area contributed by atoms with Gasteiger partial charge in [0.15, 0.2) is 22.5 Å². The van der Waals surface area contributed by atoms with E-state index in [1.54, 1.807) is 13.2 Å². The first kappa shape index (κ1) is 23.3. The van der Waals surface area contributed by atoms with Crippen LogP contribution in [-0.4, -0.2) is 39.3 Å². The molecule has 2 aromatic carbocycles. The number of carbonyl (C=O) groups is 1. The summed E-state index contributed by atoms with van der Waals surface area (Å²) in [5.74, 6) is 2.29. The average molecular weight is 493 g/mol. The number of para-hydroxylation sites is 1. The van der Waals surface area contributed by atoms with Crippen molar-refractivity contribution in [3.8, 4) is 28.6 Å². The van der Waals surface area contributed by atoms with Gasteiger partial charge in [-0.3, -0.25) is 9.36 Å². The molecule has 8 nitrogen and oxygen atoms in total. The standard InChI is InChI=1S/C26H28N4O4S/c1-3-15-30-24(19-9-5-6-10-20(19)32-2)28-29-25(30)35-17-23(31)27-18-11-12-21-22(16-18)34-26(33-21)13-7-4-8-14-26/h3,5-6,9-12,16H,1,4,7-8,13-15,17H2,2H3,(H,27,31). The molecule has 2 heterocycles. The third-order valence-corrected chi connectivity index (χ3v) is 7.11. The Morgan fingerprint density at radius 3 is 2.77 bits per heavy atom. The Bertz CT molecular complexity index is 1240. The van der Waals surface area contributed by atoms with E-state index in [2.05, 4.69) is 22.1 Å². The number of hydrogen-bond acceptors (Lipinski definition) is 7. The number of ether oxygens (including phenoxy) is 3. The molecule has 1 aliphatic heterocycles. The van der Waals surface area contributed by atoms with Crippen LogP contribution in [-0.2, 0) is 11.3 Å². The zero-order valence-corrected chi connectivity index (χ0v) is 20.5. The van der Waals surface area contributed by atoms with Gasteiger partial charge in [0.1, 0.15) is 5.75 Å². The summed E-state index contributed by atoms with van der Waals surface area (Å²) in [6.07, 6.45) is 6.97. The zero-order valence-electron chi connectivity index (χ0n) is 19.7. The van der Waals surface area contributed by atoms with Crippen LogP contribution in [0.4, 0.5) is 5.69 Å². The van der Waals surface area contributed by atoms with Crippen LogP contribution in [0.1, 0.15) is 32.1 Å². The van der Waals surface area contributed by atoms with E-state index in [0.29, 0.717) is 34.7 Å². The van der Waals surface area contributed by atoms with Gasteiger partial charge in [-0.2, -0.15) is 0 Å². The van der Waals surface area contributed by atoms with Crippen LogP contribution in [0.2, 0.25) is 0 Å². The molecule has 1 aliphatic carbocycles. The van der Waals surface area contributed by atoms with Crippen molar-refractivity contribution in [2.75, 3.05) is 18.2 Å². The van der Waals surface area contributed by atoms with Gasteiger partial charge in [-0.25, -0.2) is 0 Å². The van der Waals surface area contributed by atoms with Crippen LogP contribution in [0.15, 0.2) is 60.3 Å². The lowest BCUT2D eigenvalue weighted by Gasteiger charge is -2.31. The predicted octanol–water partition coefficient (Wildman–Crippen LogP) is 5.30. The maximum absolute atomic E-state index is 12.7. The Balaban J connectivity index is 1.25. The van der Waals surface area contributed by atoms with Gasteiger partial charge in [0, 0.05) is 31.1 Å². The zero-order chi connectivity index (χ0) is 24.3. The topological polar surface area (TPSA) is 87.5 Å². The molecule has 0 saturated heterocycles. The van der Waals surface area contributed by atoms with Gasteiger partial charge < -0.3 is 19.5 Å². The molecular weight excluding hydrogens is 464 g/mol. The average Bonchev–Trinajstić information content (AvgIpc) is 3.43. The molecule has 1 spiro atoms. The van der Waals surface area contributed by atoms with Gasteiger partial charge in [-0.05, 0) is 37.1 Å². The monoisotopic (exact) mass is 492 g/mol. The summed E-state index contributed by atoms with van der Waals surface area (Å²) in [6, 6.07) is 13.2. The molecule has 182 valence electrons. The van der Waals surface area contributed by atoms with Gasteiger partial charge in [0.2, 0.25) is 5.91 Å². The lowest BCUT2D eigenvalue weighted by molar-refractivity contribution is -0.113. The molecule has 1 aromatic heterocycles. The number of carbonyl (C=O) groups excluding carboxylic acids is 1. The number of hydrogen-bond donors (Lipinski definition) is 1. The molecule has 0 unspecified atom stereocenters. The number of nitrogens with zero attached hydrogens (tertiary/aromatic N) is 3. The second kappa shape index (κ2) is 10.0. The first-order chi connectivity index (χ1) is 17.1. The number of rotatable bonds is 8. The van der Waals surface area contributed by atoms with Gasteiger partial charge in [0.25, 0.3) is 5.79 Å². The van der Waals surface area contributed by atoms with E-state index in [-0.39, 0.29) is 11.7 Å². The van der Waals surface area contributed by atoms with E-state index in [1.807, 2.05) is 47.0 Å². The van der Waals surface area contributed by atoms with E-state index >= 15 is 0 Å². The summed E-state index contributed by atoms with van der Waals surface area (Å²) in [6.45, 7) is 4.36. The van der Waals surface area contributed by atoms with Crippen molar-refractivity contribution in [2.45, 2.75) is 49.6 Å². The molecule has 3 aromatic rings. The molecule has 5 rings (SSSR count). The van der Waals surface area contributed by atoms with E-state index in [0.717, 1.165) is 37.0 Å². The molecule has 1 saturated carbocycles. The minimum Gasteiger partial charge on any atom is -0.496 e. The summed E-state index contributed by atoms with van der Waals surface area (Å²) in [7, 11) is 1.62. The van der Waals surface area contributed by atoms with E-state index in [9.17, 15) is 4.79 Å². The Morgan fingerprint density at radius 1 is 1.17 bits per heavy atom. The van der Waals surface area contributed by atoms with Crippen molar-refractivity contribution >= 4 is 23.4 Å². The molecule has 1 fully saturated rings. The van der Waals surface area contributed by atoms with E-state index < -0.39 is 5.79 Å². The van der Waals surface area contributed by atoms with Crippen molar-refractivity contribution in [3.63, 3.8) is 0 Å². The smallest absolute Gasteiger partial charge is 0.251 e. The molecule has 1 amide bonds. The van der Waals surface area contributed by atoms with Crippen molar-refractivity contribution in [2.24, 2.45) is 0 Å². The molecule has 9 heteroatoms. The number of amides is 1. The van der Waals surface area contributed by atoms with Crippen molar-refractivity contribution < 1.29 is 19.0 Å². The number of allylic oxidation sites excluding steroid dienone is 1. The number of thioether (sulfide) groups is 1. The molecule has 0 atom stereocenters. The van der Waals surface area contributed by atoms with E-state index in [1.165, 1.54) is 18.2 Å². The highest BCUT2D eigenvalue weighted by Crippen LogP contribution is 2.46. The highest BCUT2D eigenvalue weighted by molar-refractivity contribution is 7.99. The summed E-state index contributed by atoms with van der Waals surface area (Å²) in [4.78, 5) is 12.7. The van der Waals surface area contributed by atoms with Gasteiger partial charge in [0.05, 0.1) is 18.4 Å². The maximum Gasteiger partial charge on any atom is 0.251 e. The molecular formula is C26H28N4O4S. The minimum atomic E-state index is -0.534. The fourth-order valence-electron chi connectivity index (χ4n) is 4.51. The first-order valence-corrected chi connectivity index (χ1v) is 12.7. The quantitative estimate of drug-likeness (QED) is 0.337. The van der Waals surface area contributed by atoms with Crippen LogP contribution >= 0.6 is 11.8 Å². The third kappa shape index (κ3) is 4.86. The lowest BCUT2D eigenvalue weighted by atomic mass is 9.94. The Labute approximate surface area is 208 Å². The Morgan fingerprint density at radius 2 is 1.97 bits per heavy atom. The SMILES string of the molecule is C=CCn1c(SCC(=O)Nc2ccc3c(c2)OC2(CCCCC2)O3)nnc1-c1ccccc1OC. The summed E-state index contributed by atoms with van der Waals surface area (Å²) < 4.78 is 19.7. The van der Waals surface area contributed by atoms with Crippen LogP contribution in [0, 0.1) is 0 Å². The fraction of sp³-hybridized carbons (Fsp3) is 0.346. The summed E-state index contributed by atoms with van der Waals surface area (Å²) in [5.41, 5.74) is 1.50. The summed E-state index contributed by atoms with van der Waals surface area (Å²) >= 11 is 1.32. The van der Waals surface area contributed by atoms with Gasteiger partial charge in [-0.15, -0.1) is 16.8 Å². The largest absolute Gasteiger partial charge is 0.496 e. The number of aromatic nitrogens is 3. The summed E-state index contributed by atoms with van der Waals surface area (Å²) in [5, 5.41) is 12.3. The van der Waals surface area contributed by atoms with Crippen molar-refractivity contribution in [1.82, 2.24) is 14.8 Å². The molecule has 0 radical (unpaired) electrons. The Kier molecular flexibility index (Phi) is 6.68. The van der Waals surface area contributed by atoms with Crippen LogP contribution in [0.5, 0.6) is 17.2 Å². The van der Waals surface area contributed by atoms with Crippen LogP contribution in [0.25, 0.3) is 11.4 Å². The highest BCUT2D eigenvalue weighted by Gasteiger charge is 2.42.